The van der Waals surface area contributed by atoms with E-state index in [1.54, 1.807) is 7.05 Å². The van der Waals surface area contributed by atoms with Crippen LogP contribution in [-0.4, -0.2) is 38.1 Å². The molecule has 3 N–H and O–H groups in total. The summed E-state index contributed by atoms with van der Waals surface area (Å²) in [6.07, 6.45) is 0.412. The van der Waals surface area contributed by atoms with Crippen LogP contribution >= 0.6 is 24.0 Å². The van der Waals surface area contributed by atoms with Crippen LogP contribution in [0, 0.1) is 5.92 Å². The third-order valence-corrected chi connectivity index (χ3v) is 3.63. The van der Waals surface area contributed by atoms with Gasteiger partial charge in [-0.05, 0) is 44.4 Å². The Hall–Kier alpha value is -1.51. The number of guanidine groups is 1. The van der Waals surface area contributed by atoms with Gasteiger partial charge in [-0.15, -0.1) is 24.0 Å². The highest BCUT2D eigenvalue weighted by Gasteiger charge is 2.09. The lowest BCUT2D eigenvalue weighted by molar-refractivity contribution is -0.121. The number of hydrogen-bond donors (Lipinski definition) is 3. The van der Waals surface area contributed by atoms with Gasteiger partial charge < -0.3 is 20.7 Å². The predicted molar refractivity (Wildman–Crippen MR) is 123 cm³/mol. The van der Waals surface area contributed by atoms with Gasteiger partial charge in [-0.3, -0.25) is 9.79 Å². The Kier molecular flexibility index (Phi) is 12.9. The van der Waals surface area contributed by atoms with Crippen molar-refractivity contribution in [2.75, 3.05) is 20.2 Å². The molecule has 1 amide bonds. The summed E-state index contributed by atoms with van der Waals surface area (Å²) < 4.78 is 5.71. The molecule has 0 bridgehead atoms. The largest absolute Gasteiger partial charge is 0.493 e. The first-order valence-corrected chi connectivity index (χ1v) is 9.31. The Morgan fingerprint density at radius 2 is 1.70 bits per heavy atom. The van der Waals surface area contributed by atoms with Crippen LogP contribution in [-0.2, 0) is 4.79 Å². The van der Waals surface area contributed by atoms with Crippen molar-refractivity contribution >= 4 is 35.8 Å². The van der Waals surface area contributed by atoms with Gasteiger partial charge in [0.1, 0.15) is 5.75 Å². The molecular weight excluding hydrogens is 455 g/mol. The number of carbonyl (C=O) groups is 1. The highest BCUT2D eigenvalue weighted by Crippen LogP contribution is 2.18. The second kappa shape index (κ2) is 13.6. The lowest BCUT2D eigenvalue weighted by atomic mass is 10.1. The molecule has 0 aliphatic rings. The third kappa shape index (κ3) is 11.0. The van der Waals surface area contributed by atoms with E-state index >= 15 is 0 Å². The number of nitrogens with one attached hydrogen (secondary N) is 3. The molecule has 0 aliphatic heterocycles. The van der Waals surface area contributed by atoms with Crippen LogP contribution in [0.5, 0.6) is 5.75 Å². The molecule has 27 heavy (non-hydrogen) atoms. The van der Waals surface area contributed by atoms with E-state index in [1.165, 1.54) is 0 Å². The minimum Gasteiger partial charge on any atom is -0.493 e. The fourth-order valence-electron chi connectivity index (χ4n) is 2.29. The van der Waals surface area contributed by atoms with Gasteiger partial charge in [-0.2, -0.15) is 0 Å². The molecule has 0 fully saturated rings. The molecule has 1 atom stereocenters. The molecule has 6 nitrogen and oxygen atoms in total. The Bertz CT molecular complexity index is 574. The predicted octanol–water partition coefficient (Wildman–Crippen LogP) is 3.48. The molecule has 1 aromatic rings. The number of nitrogens with zero attached hydrogens (tertiary/aromatic N) is 1. The molecule has 0 spiro atoms. The van der Waals surface area contributed by atoms with Crippen LogP contribution in [0.1, 0.15) is 52.6 Å². The number of benzene rings is 1. The molecule has 0 aromatic heterocycles. The normalized spacial score (nSPS) is 12.4. The molecule has 1 rings (SSSR count). The maximum Gasteiger partial charge on any atom is 0.221 e. The average Bonchev–Trinajstić information content (AvgIpc) is 2.58. The molecule has 0 heterocycles. The topological polar surface area (TPSA) is 74.8 Å². The van der Waals surface area contributed by atoms with Crippen molar-refractivity contribution in [2.45, 2.75) is 53.1 Å². The summed E-state index contributed by atoms with van der Waals surface area (Å²) in [6, 6.07) is 8.33. The Labute approximate surface area is 181 Å². The van der Waals surface area contributed by atoms with Crippen molar-refractivity contribution in [3.8, 4) is 5.75 Å². The first kappa shape index (κ1) is 25.5. The fourth-order valence-corrected chi connectivity index (χ4v) is 2.29. The van der Waals surface area contributed by atoms with E-state index in [-0.39, 0.29) is 42.0 Å². The van der Waals surface area contributed by atoms with Gasteiger partial charge in [-0.25, -0.2) is 0 Å². The molecule has 0 saturated carbocycles. The summed E-state index contributed by atoms with van der Waals surface area (Å²) in [5.41, 5.74) is 1.14. The second-order valence-corrected chi connectivity index (χ2v) is 7.11. The van der Waals surface area contributed by atoms with Crippen LogP contribution < -0.4 is 20.7 Å². The zero-order valence-electron chi connectivity index (χ0n) is 17.3. The van der Waals surface area contributed by atoms with E-state index in [0.717, 1.165) is 11.3 Å². The molecular formula is C20H35IN4O2. The minimum atomic E-state index is 0. The van der Waals surface area contributed by atoms with Crippen LogP contribution in [0.2, 0.25) is 0 Å². The van der Waals surface area contributed by atoms with Crippen LogP contribution in [0.15, 0.2) is 29.3 Å². The molecule has 1 unspecified atom stereocenters. The number of rotatable bonds is 9. The molecule has 0 saturated heterocycles. The van der Waals surface area contributed by atoms with Crippen molar-refractivity contribution in [3.05, 3.63) is 29.8 Å². The monoisotopic (exact) mass is 490 g/mol. The highest BCUT2D eigenvalue weighted by atomic mass is 127. The number of aliphatic imine (C=N–C) groups is 1. The van der Waals surface area contributed by atoms with Crippen molar-refractivity contribution in [1.82, 2.24) is 16.0 Å². The zero-order valence-corrected chi connectivity index (χ0v) is 19.7. The zero-order chi connectivity index (χ0) is 19.5. The molecule has 0 radical (unpaired) electrons. The number of carbonyl (C=O) groups excluding carboxylic acids is 1. The number of ether oxygens (including phenoxy) is 1. The summed E-state index contributed by atoms with van der Waals surface area (Å²) in [5, 5.41) is 9.38. The molecule has 0 aliphatic carbocycles. The van der Waals surface area contributed by atoms with Crippen LogP contribution in [0.4, 0.5) is 0 Å². The molecule has 7 heteroatoms. The van der Waals surface area contributed by atoms with Crippen molar-refractivity contribution < 1.29 is 9.53 Å². The van der Waals surface area contributed by atoms with Gasteiger partial charge in [0.25, 0.3) is 0 Å². The van der Waals surface area contributed by atoms with Crippen LogP contribution in [0.25, 0.3) is 0 Å². The van der Waals surface area contributed by atoms with E-state index < -0.39 is 0 Å². The lowest BCUT2D eigenvalue weighted by Gasteiger charge is -2.19. The van der Waals surface area contributed by atoms with Crippen molar-refractivity contribution in [2.24, 2.45) is 10.9 Å². The van der Waals surface area contributed by atoms with Gasteiger partial charge >= 0.3 is 0 Å². The Morgan fingerprint density at radius 1 is 1.07 bits per heavy atom. The van der Waals surface area contributed by atoms with Crippen LogP contribution in [0.3, 0.4) is 0 Å². The average molecular weight is 490 g/mol. The smallest absolute Gasteiger partial charge is 0.221 e. The second-order valence-electron chi connectivity index (χ2n) is 7.11. The summed E-state index contributed by atoms with van der Waals surface area (Å²) in [4.78, 5) is 15.9. The van der Waals surface area contributed by atoms with Gasteiger partial charge in [-0.1, -0.05) is 26.0 Å². The first-order chi connectivity index (χ1) is 12.3. The van der Waals surface area contributed by atoms with Gasteiger partial charge in [0.15, 0.2) is 5.96 Å². The lowest BCUT2D eigenvalue weighted by Crippen LogP contribution is -2.41. The van der Waals surface area contributed by atoms with E-state index in [2.05, 4.69) is 53.8 Å². The summed E-state index contributed by atoms with van der Waals surface area (Å²) >= 11 is 0. The molecule has 154 valence electrons. The van der Waals surface area contributed by atoms with E-state index in [9.17, 15) is 4.79 Å². The highest BCUT2D eigenvalue weighted by molar-refractivity contribution is 14.0. The van der Waals surface area contributed by atoms with Gasteiger partial charge in [0.05, 0.1) is 12.6 Å². The SMILES string of the molecule is CN=C(NCCC(=O)NC(C)C)NC(C)c1ccc(OCC(C)C)cc1.I. The molecule has 1 aromatic carbocycles. The van der Waals surface area contributed by atoms with Crippen molar-refractivity contribution in [3.63, 3.8) is 0 Å². The minimum absolute atomic E-state index is 0. The maximum absolute atomic E-state index is 11.7. The maximum atomic E-state index is 11.7. The quantitative estimate of drug-likeness (QED) is 0.282. The van der Waals surface area contributed by atoms with E-state index in [0.29, 0.717) is 31.4 Å². The number of hydrogen-bond acceptors (Lipinski definition) is 3. The Balaban J connectivity index is 0.00000676. The standard InChI is InChI=1S/C20H34N4O2.HI/c1-14(2)13-26-18-9-7-17(8-10-18)16(5)24-20(21-6)22-12-11-19(25)23-15(3)4;/h7-10,14-16H,11-13H2,1-6H3,(H,23,25)(H2,21,22,24);1H. The van der Waals surface area contributed by atoms with E-state index in [1.807, 2.05) is 26.0 Å². The summed E-state index contributed by atoms with van der Waals surface area (Å²) in [5.74, 6) is 2.10. The van der Waals surface area contributed by atoms with Gasteiger partial charge in [0.2, 0.25) is 5.91 Å². The first-order valence-electron chi connectivity index (χ1n) is 9.31. The van der Waals surface area contributed by atoms with E-state index in [4.69, 9.17) is 4.74 Å². The van der Waals surface area contributed by atoms with Crippen molar-refractivity contribution in [1.29, 1.82) is 0 Å². The summed E-state index contributed by atoms with van der Waals surface area (Å²) in [6.45, 7) is 11.5. The summed E-state index contributed by atoms with van der Waals surface area (Å²) in [7, 11) is 1.72. The third-order valence-electron chi connectivity index (χ3n) is 3.63. The fraction of sp³-hybridized carbons (Fsp3) is 0.600. The number of amides is 1. The number of halogens is 1. The van der Waals surface area contributed by atoms with Gasteiger partial charge in [0, 0.05) is 26.1 Å². The Morgan fingerprint density at radius 3 is 2.22 bits per heavy atom.